The van der Waals surface area contributed by atoms with Crippen LogP contribution in [0.1, 0.15) is 46.4 Å². The van der Waals surface area contributed by atoms with Gasteiger partial charge in [-0.1, -0.05) is 18.2 Å². The molecule has 1 atom stereocenters. The minimum absolute atomic E-state index is 0.00134. The molecule has 1 saturated heterocycles. The Balaban J connectivity index is 1.56. The number of rotatable bonds is 3. The van der Waals surface area contributed by atoms with E-state index in [-0.39, 0.29) is 17.5 Å². The molecule has 1 amide bonds. The van der Waals surface area contributed by atoms with Crippen LogP contribution >= 0.6 is 0 Å². The van der Waals surface area contributed by atoms with Crippen molar-refractivity contribution in [1.29, 1.82) is 0 Å². The molecule has 2 aromatic heterocycles. The molecule has 0 bridgehead atoms. The van der Waals surface area contributed by atoms with Crippen LogP contribution in [0.3, 0.4) is 0 Å². The Hall–Kier alpha value is -3.16. The predicted octanol–water partition coefficient (Wildman–Crippen LogP) is 5.08. The topological polar surface area (TPSA) is 59.2 Å². The van der Waals surface area contributed by atoms with E-state index in [4.69, 9.17) is 4.42 Å². The van der Waals surface area contributed by atoms with E-state index in [0.29, 0.717) is 30.2 Å². The predicted molar refractivity (Wildman–Crippen MR) is 104 cm³/mol. The number of oxazole rings is 1. The molecule has 0 saturated carbocycles. The smallest absolute Gasteiger partial charge is 0.416 e. The van der Waals surface area contributed by atoms with Crippen LogP contribution in [-0.2, 0) is 6.18 Å². The van der Waals surface area contributed by atoms with Crippen molar-refractivity contribution < 1.29 is 22.4 Å². The van der Waals surface area contributed by atoms with Gasteiger partial charge in [0.1, 0.15) is 6.26 Å². The molecule has 5 nitrogen and oxygen atoms in total. The molecule has 1 aliphatic rings. The number of nitrogens with zero attached hydrogens (tertiary/aromatic N) is 3. The SMILES string of the molecule is Cc1nc(C(=O)N2CCC[C@H](c3cccc(-c4cccc(C(F)(F)F)c4)n3)C2)co1. The molecule has 1 aliphatic heterocycles. The minimum Gasteiger partial charge on any atom is -0.448 e. The number of halogens is 3. The molecule has 0 spiro atoms. The van der Waals surface area contributed by atoms with Crippen molar-refractivity contribution in [2.75, 3.05) is 13.1 Å². The fraction of sp³-hybridized carbons (Fsp3) is 0.318. The van der Waals surface area contributed by atoms with E-state index >= 15 is 0 Å². The molecule has 4 rings (SSSR count). The number of likely N-dealkylation sites (tertiary alicyclic amines) is 1. The number of hydrogen-bond acceptors (Lipinski definition) is 4. The third kappa shape index (κ3) is 4.22. The third-order valence-corrected chi connectivity index (χ3v) is 5.22. The van der Waals surface area contributed by atoms with E-state index < -0.39 is 11.7 Å². The Morgan fingerprint density at radius 1 is 1.17 bits per heavy atom. The molecular formula is C22H20F3N3O2. The molecule has 8 heteroatoms. The molecule has 0 radical (unpaired) electrons. The number of hydrogen-bond donors (Lipinski definition) is 0. The van der Waals surface area contributed by atoms with Crippen LogP contribution in [0.2, 0.25) is 0 Å². The van der Waals surface area contributed by atoms with Gasteiger partial charge in [0.2, 0.25) is 0 Å². The van der Waals surface area contributed by atoms with Crippen molar-refractivity contribution in [3.05, 3.63) is 71.6 Å². The van der Waals surface area contributed by atoms with Gasteiger partial charge in [-0.2, -0.15) is 13.2 Å². The van der Waals surface area contributed by atoms with Crippen LogP contribution in [0, 0.1) is 6.92 Å². The lowest BCUT2D eigenvalue weighted by Crippen LogP contribution is -2.39. The van der Waals surface area contributed by atoms with Crippen molar-refractivity contribution >= 4 is 5.91 Å². The Morgan fingerprint density at radius 3 is 2.70 bits per heavy atom. The fourth-order valence-electron chi connectivity index (χ4n) is 3.72. The fourth-order valence-corrected chi connectivity index (χ4v) is 3.72. The van der Waals surface area contributed by atoms with Crippen molar-refractivity contribution in [3.63, 3.8) is 0 Å². The molecule has 1 aromatic carbocycles. The largest absolute Gasteiger partial charge is 0.448 e. The van der Waals surface area contributed by atoms with E-state index in [1.165, 1.54) is 12.3 Å². The highest BCUT2D eigenvalue weighted by atomic mass is 19.4. The molecule has 30 heavy (non-hydrogen) atoms. The van der Waals surface area contributed by atoms with E-state index in [0.717, 1.165) is 30.7 Å². The van der Waals surface area contributed by atoms with Crippen molar-refractivity contribution in [2.45, 2.75) is 31.9 Å². The first-order valence-electron chi connectivity index (χ1n) is 9.67. The number of piperidine rings is 1. The summed E-state index contributed by atoms with van der Waals surface area (Å²) in [6, 6.07) is 10.5. The number of amides is 1. The summed E-state index contributed by atoms with van der Waals surface area (Å²) >= 11 is 0. The van der Waals surface area contributed by atoms with Gasteiger partial charge in [0.25, 0.3) is 5.91 Å². The van der Waals surface area contributed by atoms with Crippen molar-refractivity contribution in [2.24, 2.45) is 0 Å². The highest BCUT2D eigenvalue weighted by Crippen LogP contribution is 2.33. The zero-order chi connectivity index (χ0) is 21.3. The van der Waals surface area contributed by atoms with Gasteiger partial charge in [0.15, 0.2) is 11.6 Å². The summed E-state index contributed by atoms with van der Waals surface area (Å²) in [6.07, 6.45) is -1.39. The first-order valence-corrected chi connectivity index (χ1v) is 9.67. The van der Waals surface area contributed by atoms with Gasteiger partial charge in [-0.05, 0) is 37.1 Å². The van der Waals surface area contributed by atoms with Gasteiger partial charge in [0.05, 0.1) is 11.3 Å². The Morgan fingerprint density at radius 2 is 1.97 bits per heavy atom. The average Bonchev–Trinajstić information content (AvgIpc) is 3.19. The van der Waals surface area contributed by atoms with Gasteiger partial charge in [-0.15, -0.1) is 0 Å². The van der Waals surface area contributed by atoms with Crippen LogP contribution in [0.25, 0.3) is 11.3 Å². The lowest BCUT2D eigenvalue weighted by molar-refractivity contribution is -0.137. The molecule has 0 N–H and O–H groups in total. The van der Waals surface area contributed by atoms with Crippen LogP contribution in [-0.4, -0.2) is 33.9 Å². The number of alkyl halides is 3. The quantitative estimate of drug-likeness (QED) is 0.598. The second kappa shape index (κ2) is 7.93. The highest BCUT2D eigenvalue weighted by molar-refractivity contribution is 5.92. The first kappa shape index (κ1) is 20.1. The highest BCUT2D eigenvalue weighted by Gasteiger charge is 2.31. The molecular weight excluding hydrogens is 395 g/mol. The maximum absolute atomic E-state index is 13.0. The summed E-state index contributed by atoms with van der Waals surface area (Å²) in [7, 11) is 0. The van der Waals surface area contributed by atoms with Gasteiger partial charge in [-0.25, -0.2) is 4.98 Å². The maximum Gasteiger partial charge on any atom is 0.416 e. The molecule has 3 aromatic rings. The summed E-state index contributed by atoms with van der Waals surface area (Å²) in [5, 5.41) is 0. The molecule has 1 fully saturated rings. The number of aromatic nitrogens is 2. The monoisotopic (exact) mass is 415 g/mol. The Labute approximate surface area is 171 Å². The normalized spacial score (nSPS) is 17.2. The molecule has 156 valence electrons. The summed E-state index contributed by atoms with van der Waals surface area (Å²) in [5.41, 5.74) is 1.23. The molecule has 3 heterocycles. The van der Waals surface area contributed by atoms with Crippen LogP contribution in [0.15, 0.2) is 53.1 Å². The standard InChI is InChI=1S/C22H20F3N3O2/c1-14-26-20(13-30-14)21(29)28-10-4-6-16(12-28)19-9-3-8-18(27-19)15-5-2-7-17(11-15)22(23,24)25/h2-3,5,7-9,11,13,16H,4,6,10,12H2,1H3/t16-/m0/s1. The zero-order valence-electron chi connectivity index (χ0n) is 16.3. The number of aryl methyl sites for hydroxylation is 1. The third-order valence-electron chi connectivity index (χ3n) is 5.22. The van der Waals surface area contributed by atoms with Crippen LogP contribution in [0.5, 0.6) is 0 Å². The van der Waals surface area contributed by atoms with E-state index in [1.807, 2.05) is 6.07 Å². The summed E-state index contributed by atoms with van der Waals surface area (Å²) < 4.78 is 44.3. The number of carbonyl (C=O) groups is 1. The zero-order valence-corrected chi connectivity index (χ0v) is 16.3. The Bertz CT molecular complexity index is 1060. The molecule has 0 aliphatic carbocycles. The summed E-state index contributed by atoms with van der Waals surface area (Å²) in [5.74, 6) is 0.245. The average molecular weight is 415 g/mol. The van der Waals surface area contributed by atoms with Crippen LogP contribution < -0.4 is 0 Å². The maximum atomic E-state index is 13.0. The molecule has 0 unspecified atom stereocenters. The van der Waals surface area contributed by atoms with Gasteiger partial charge in [0, 0.05) is 37.2 Å². The van der Waals surface area contributed by atoms with Crippen molar-refractivity contribution in [1.82, 2.24) is 14.9 Å². The Kier molecular flexibility index (Phi) is 5.32. The first-order chi connectivity index (χ1) is 14.3. The van der Waals surface area contributed by atoms with Crippen molar-refractivity contribution in [3.8, 4) is 11.3 Å². The lowest BCUT2D eigenvalue weighted by Gasteiger charge is -2.32. The van der Waals surface area contributed by atoms with E-state index in [2.05, 4.69) is 9.97 Å². The summed E-state index contributed by atoms with van der Waals surface area (Å²) in [6.45, 7) is 2.78. The number of carbonyl (C=O) groups excluding carboxylic acids is 1. The van der Waals surface area contributed by atoms with E-state index in [9.17, 15) is 18.0 Å². The van der Waals surface area contributed by atoms with Gasteiger partial charge >= 0.3 is 6.18 Å². The summed E-state index contributed by atoms with van der Waals surface area (Å²) in [4.78, 5) is 23.1. The van der Waals surface area contributed by atoms with E-state index in [1.54, 1.807) is 30.0 Å². The second-order valence-corrected chi connectivity index (χ2v) is 7.37. The van der Waals surface area contributed by atoms with Crippen LogP contribution in [0.4, 0.5) is 13.2 Å². The number of benzene rings is 1. The van der Waals surface area contributed by atoms with Gasteiger partial charge < -0.3 is 9.32 Å². The van der Waals surface area contributed by atoms with Gasteiger partial charge in [-0.3, -0.25) is 9.78 Å². The number of pyridine rings is 1. The lowest BCUT2D eigenvalue weighted by atomic mass is 9.93. The minimum atomic E-state index is -4.41. The second-order valence-electron chi connectivity index (χ2n) is 7.37.